The number of hydrogen-bond donors (Lipinski definition) is 0. The number of hydrogen-bond acceptors (Lipinski definition) is 2. The van der Waals surface area contributed by atoms with E-state index < -0.39 is 0 Å². The van der Waals surface area contributed by atoms with E-state index in [1.165, 1.54) is 38.9 Å². The van der Waals surface area contributed by atoms with E-state index in [2.05, 4.69) is 122 Å². The summed E-state index contributed by atoms with van der Waals surface area (Å²) in [5, 5.41) is 0. The smallest absolute Gasteiger partial charge is 0.0702 e. The third kappa shape index (κ3) is 5.58. The van der Waals surface area contributed by atoms with Gasteiger partial charge in [0.05, 0.1) is 11.4 Å². The summed E-state index contributed by atoms with van der Waals surface area (Å²) in [6, 6.07) is 53.5. The van der Waals surface area contributed by atoms with Crippen LogP contribution in [0.2, 0.25) is 0 Å². The Hall–Kier alpha value is -5.60. The molecule has 0 atom stereocenters. The lowest BCUT2D eigenvalue weighted by Gasteiger charge is -2.16. The normalized spacial score (nSPS) is 10.9. The number of benzene rings is 5. The van der Waals surface area contributed by atoms with Gasteiger partial charge in [-0.1, -0.05) is 140 Å². The van der Waals surface area contributed by atoms with Crippen LogP contribution in [-0.2, 0) is 6.42 Å². The van der Waals surface area contributed by atoms with Crippen LogP contribution in [0.25, 0.3) is 67.0 Å². The van der Waals surface area contributed by atoms with Gasteiger partial charge in [0.25, 0.3) is 0 Å². The molecule has 7 aromatic rings. The summed E-state index contributed by atoms with van der Waals surface area (Å²) in [4.78, 5) is 9.65. The molecule has 2 aromatic heterocycles. The standard InChI is InChI=1S/C42H32N2/c1-2-30-25-35(39-19-11-9-17-37(39)33-21-23-41(43-28-33)31-13-5-3-6-14-31)27-36(26-30)40-20-12-10-18-38(40)34-22-24-42(44-29-34)32-15-7-4-8-16-32/h3-29H,2H2,1H3. The number of rotatable bonds is 7. The molecule has 7 rings (SSSR count). The third-order valence-corrected chi connectivity index (χ3v) is 8.17. The van der Waals surface area contributed by atoms with Gasteiger partial charge in [0, 0.05) is 34.6 Å². The van der Waals surface area contributed by atoms with Gasteiger partial charge in [-0.15, -0.1) is 0 Å². The second-order valence-electron chi connectivity index (χ2n) is 11.0. The van der Waals surface area contributed by atoms with Crippen LogP contribution in [0, 0.1) is 0 Å². The van der Waals surface area contributed by atoms with Gasteiger partial charge in [0.1, 0.15) is 0 Å². The summed E-state index contributed by atoms with van der Waals surface area (Å²) in [6.45, 7) is 2.22. The topological polar surface area (TPSA) is 25.8 Å². The lowest BCUT2D eigenvalue weighted by atomic mass is 9.89. The minimum atomic E-state index is 0.950. The van der Waals surface area contributed by atoms with Crippen molar-refractivity contribution in [1.29, 1.82) is 0 Å². The zero-order valence-electron chi connectivity index (χ0n) is 24.7. The van der Waals surface area contributed by atoms with Crippen molar-refractivity contribution < 1.29 is 0 Å². The number of pyridine rings is 2. The Bertz CT molecular complexity index is 1870. The van der Waals surface area contributed by atoms with Gasteiger partial charge in [-0.2, -0.15) is 0 Å². The van der Waals surface area contributed by atoms with Crippen molar-refractivity contribution in [2.75, 3.05) is 0 Å². The molecule has 0 aliphatic rings. The molecule has 0 aliphatic heterocycles. The monoisotopic (exact) mass is 564 g/mol. The predicted octanol–water partition coefficient (Wildman–Crippen LogP) is 11.0. The minimum absolute atomic E-state index is 0.950. The molecule has 210 valence electrons. The summed E-state index contributed by atoms with van der Waals surface area (Å²) in [5.74, 6) is 0. The zero-order chi connectivity index (χ0) is 29.7. The Morgan fingerprint density at radius 3 is 1.11 bits per heavy atom. The fourth-order valence-corrected chi connectivity index (χ4v) is 5.85. The molecule has 0 fully saturated rings. The van der Waals surface area contributed by atoms with Crippen LogP contribution in [0.3, 0.4) is 0 Å². The van der Waals surface area contributed by atoms with Crippen molar-refractivity contribution in [2.45, 2.75) is 13.3 Å². The number of aromatic nitrogens is 2. The SMILES string of the molecule is CCc1cc(-c2ccccc2-c2ccc(-c3ccccc3)nc2)cc(-c2ccccc2-c2ccc(-c3ccccc3)nc2)c1. The molecule has 0 amide bonds. The number of aryl methyl sites for hydroxylation is 1. The van der Waals surface area contributed by atoms with Gasteiger partial charge in [0.15, 0.2) is 0 Å². The summed E-state index contributed by atoms with van der Waals surface area (Å²) in [5.41, 5.74) is 14.9. The molecule has 0 unspecified atom stereocenters. The van der Waals surface area contributed by atoms with Gasteiger partial charge in [-0.3, -0.25) is 9.97 Å². The molecule has 5 aromatic carbocycles. The second-order valence-corrected chi connectivity index (χ2v) is 11.0. The third-order valence-electron chi connectivity index (χ3n) is 8.17. The molecule has 2 nitrogen and oxygen atoms in total. The molecule has 2 heteroatoms. The molecule has 0 saturated heterocycles. The molecule has 44 heavy (non-hydrogen) atoms. The van der Waals surface area contributed by atoms with E-state index in [-0.39, 0.29) is 0 Å². The average Bonchev–Trinajstić information content (AvgIpc) is 3.12. The van der Waals surface area contributed by atoms with Crippen LogP contribution in [0.1, 0.15) is 12.5 Å². The van der Waals surface area contributed by atoms with E-state index in [0.29, 0.717) is 0 Å². The predicted molar refractivity (Wildman–Crippen MR) is 184 cm³/mol. The van der Waals surface area contributed by atoms with Crippen molar-refractivity contribution in [3.8, 4) is 67.0 Å². The average molecular weight is 565 g/mol. The largest absolute Gasteiger partial charge is 0.256 e. The van der Waals surface area contributed by atoms with Crippen LogP contribution in [0.4, 0.5) is 0 Å². The van der Waals surface area contributed by atoms with Crippen LogP contribution in [-0.4, -0.2) is 9.97 Å². The van der Waals surface area contributed by atoms with E-state index in [9.17, 15) is 0 Å². The molecule has 0 spiro atoms. The Morgan fingerprint density at radius 2 is 0.750 bits per heavy atom. The van der Waals surface area contributed by atoms with E-state index in [0.717, 1.165) is 40.1 Å². The minimum Gasteiger partial charge on any atom is -0.256 e. The first-order valence-electron chi connectivity index (χ1n) is 15.1. The molecule has 0 N–H and O–H groups in total. The Balaban J connectivity index is 1.28. The molecule has 0 aliphatic carbocycles. The van der Waals surface area contributed by atoms with Gasteiger partial charge < -0.3 is 0 Å². The Labute approximate surface area is 259 Å². The summed E-state index contributed by atoms with van der Waals surface area (Å²) >= 11 is 0. The van der Waals surface area contributed by atoms with Crippen LogP contribution in [0.5, 0.6) is 0 Å². The Kier molecular flexibility index (Phi) is 7.63. The quantitative estimate of drug-likeness (QED) is 0.192. The molecule has 0 saturated carbocycles. The maximum atomic E-state index is 4.82. The van der Waals surface area contributed by atoms with Crippen LogP contribution < -0.4 is 0 Å². The van der Waals surface area contributed by atoms with Crippen molar-refractivity contribution in [3.63, 3.8) is 0 Å². The summed E-state index contributed by atoms with van der Waals surface area (Å²) in [7, 11) is 0. The van der Waals surface area contributed by atoms with E-state index in [4.69, 9.17) is 9.97 Å². The van der Waals surface area contributed by atoms with Crippen LogP contribution in [0.15, 0.2) is 164 Å². The zero-order valence-corrected chi connectivity index (χ0v) is 24.7. The van der Waals surface area contributed by atoms with Crippen molar-refractivity contribution >= 4 is 0 Å². The molecular weight excluding hydrogens is 532 g/mol. The second kappa shape index (κ2) is 12.3. The number of nitrogens with zero attached hydrogens (tertiary/aromatic N) is 2. The first-order chi connectivity index (χ1) is 21.8. The highest BCUT2D eigenvalue weighted by molar-refractivity contribution is 5.89. The highest BCUT2D eigenvalue weighted by Gasteiger charge is 2.14. The van der Waals surface area contributed by atoms with Gasteiger partial charge in [-0.05, 0) is 63.6 Å². The lowest BCUT2D eigenvalue weighted by molar-refractivity contribution is 1.14. The first kappa shape index (κ1) is 27.2. The fraction of sp³-hybridized carbons (Fsp3) is 0.0476. The van der Waals surface area contributed by atoms with Crippen LogP contribution >= 0.6 is 0 Å². The highest BCUT2D eigenvalue weighted by atomic mass is 14.7. The maximum Gasteiger partial charge on any atom is 0.0702 e. The summed E-state index contributed by atoms with van der Waals surface area (Å²) in [6.07, 6.45) is 4.94. The molecular formula is C42H32N2. The van der Waals surface area contributed by atoms with Gasteiger partial charge >= 0.3 is 0 Å². The van der Waals surface area contributed by atoms with Crippen molar-refractivity contribution in [1.82, 2.24) is 9.97 Å². The Morgan fingerprint density at radius 1 is 0.364 bits per heavy atom. The molecule has 2 heterocycles. The fourth-order valence-electron chi connectivity index (χ4n) is 5.85. The van der Waals surface area contributed by atoms with Crippen molar-refractivity contribution in [3.05, 3.63) is 170 Å². The first-order valence-corrected chi connectivity index (χ1v) is 15.1. The van der Waals surface area contributed by atoms with E-state index >= 15 is 0 Å². The van der Waals surface area contributed by atoms with Gasteiger partial charge in [-0.25, -0.2) is 0 Å². The highest BCUT2D eigenvalue weighted by Crippen LogP contribution is 2.38. The lowest BCUT2D eigenvalue weighted by Crippen LogP contribution is -1.92. The maximum absolute atomic E-state index is 4.82. The van der Waals surface area contributed by atoms with Gasteiger partial charge in [0.2, 0.25) is 0 Å². The molecule has 0 radical (unpaired) electrons. The van der Waals surface area contributed by atoms with E-state index in [1.807, 2.05) is 48.8 Å². The van der Waals surface area contributed by atoms with E-state index in [1.54, 1.807) is 0 Å². The van der Waals surface area contributed by atoms with Crippen molar-refractivity contribution in [2.24, 2.45) is 0 Å². The molecule has 0 bridgehead atoms. The summed E-state index contributed by atoms with van der Waals surface area (Å²) < 4.78 is 0.